The lowest BCUT2D eigenvalue weighted by atomic mass is 10.2. The molecule has 0 bridgehead atoms. The Morgan fingerprint density at radius 2 is 1.85 bits per heavy atom. The third kappa shape index (κ3) is 3.97. The van der Waals surface area contributed by atoms with Gasteiger partial charge in [0.05, 0.1) is 12.2 Å². The molecule has 0 aliphatic heterocycles. The number of nitrogens with one attached hydrogen (secondary N) is 2. The number of pyridine rings is 1. The number of carbonyl (C=O) groups is 1. The second-order valence-electron chi connectivity index (χ2n) is 5.60. The van der Waals surface area contributed by atoms with Crippen LogP contribution in [-0.4, -0.2) is 20.4 Å². The van der Waals surface area contributed by atoms with E-state index in [2.05, 4.69) is 15.3 Å². The number of nitrogens with zero attached hydrogens (tertiary/aromatic N) is 2. The van der Waals surface area contributed by atoms with Crippen molar-refractivity contribution in [2.24, 2.45) is 0 Å². The fourth-order valence-corrected chi connectivity index (χ4v) is 2.44. The van der Waals surface area contributed by atoms with Crippen molar-refractivity contribution in [3.05, 3.63) is 98.1 Å². The smallest absolute Gasteiger partial charge is 0.328 e. The third-order valence-electron chi connectivity index (χ3n) is 3.84. The standard InChI is InChI=1S/C18H14F2N4O3/c19-14-5-3-6-15(20)12(14)8-22-16(25)13-9-23-18(27)24(17(13)26)10-11-4-1-2-7-21-11/h1-7,9H,8,10H2,(H,22,25)(H,23,27). The van der Waals surface area contributed by atoms with E-state index in [0.29, 0.717) is 5.69 Å². The second kappa shape index (κ2) is 7.73. The zero-order valence-electron chi connectivity index (χ0n) is 13.9. The van der Waals surface area contributed by atoms with Gasteiger partial charge in [-0.25, -0.2) is 13.6 Å². The van der Waals surface area contributed by atoms with Crippen molar-refractivity contribution in [2.75, 3.05) is 0 Å². The zero-order chi connectivity index (χ0) is 19.4. The minimum atomic E-state index is -0.867. The Morgan fingerprint density at radius 1 is 1.11 bits per heavy atom. The number of aromatic nitrogens is 3. The molecule has 0 saturated carbocycles. The van der Waals surface area contributed by atoms with Crippen LogP contribution in [0.5, 0.6) is 0 Å². The van der Waals surface area contributed by atoms with E-state index >= 15 is 0 Å². The summed E-state index contributed by atoms with van der Waals surface area (Å²) in [5.74, 6) is -2.50. The third-order valence-corrected chi connectivity index (χ3v) is 3.84. The molecule has 0 unspecified atom stereocenters. The number of H-pyrrole nitrogens is 1. The summed E-state index contributed by atoms with van der Waals surface area (Å²) >= 11 is 0. The summed E-state index contributed by atoms with van der Waals surface area (Å²) in [5, 5.41) is 2.28. The van der Waals surface area contributed by atoms with E-state index in [1.165, 1.54) is 12.3 Å². The molecule has 3 aromatic rings. The van der Waals surface area contributed by atoms with Gasteiger partial charge in [0.15, 0.2) is 0 Å². The summed E-state index contributed by atoms with van der Waals surface area (Å²) in [6.45, 7) is -0.575. The predicted molar refractivity (Wildman–Crippen MR) is 92.2 cm³/mol. The highest BCUT2D eigenvalue weighted by molar-refractivity contribution is 5.93. The molecule has 0 atom stereocenters. The maximum Gasteiger partial charge on any atom is 0.328 e. The van der Waals surface area contributed by atoms with Gasteiger partial charge in [-0.2, -0.15) is 0 Å². The monoisotopic (exact) mass is 372 g/mol. The lowest BCUT2D eigenvalue weighted by Crippen LogP contribution is -2.40. The Labute approximate surface area is 151 Å². The summed E-state index contributed by atoms with van der Waals surface area (Å²) in [6.07, 6.45) is 2.47. The summed E-state index contributed by atoms with van der Waals surface area (Å²) < 4.78 is 28.1. The van der Waals surface area contributed by atoms with Crippen LogP contribution in [0, 0.1) is 11.6 Å². The molecule has 0 spiro atoms. The molecule has 9 heteroatoms. The number of aromatic amines is 1. The normalized spacial score (nSPS) is 10.6. The van der Waals surface area contributed by atoms with E-state index in [-0.39, 0.29) is 17.7 Å². The number of amides is 1. The maximum absolute atomic E-state index is 13.6. The van der Waals surface area contributed by atoms with E-state index in [0.717, 1.165) is 22.9 Å². The molecular weight excluding hydrogens is 358 g/mol. The Morgan fingerprint density at radius 3 is 2.52 bits per heavy atom. The first-order chi connectivity index (χ1) is 13.0. The molecule has 27 heavy (non-hydrogen) atoms. The van der Waals surface area contributed by atoms with Crippen LogP contribution in [0.2, 0.25) is 0 Å². The SMILES string of the molecule is O=C(NCc1c(F)cccc1F)c1c[nH]c(=O)n(Cc2ccccn2)c1=O. The lowest BCUT2D eigenvalue weighted by molar-refractivity contribution is 0.0947. The maximum atomic E-state index is 13.6. The van der Waals surface area contributed by atoms with Crippen molar-refractivity contribution < 1.29 is 13.6 Å². The molecule has 0 saturated heterocycles. The molecule has 2 aromatic heterocycles. The van der Waals surface area contributed by atoms with Gasteiger partial charge in [-0.15, -0.1) is 0 Å². The Hall–Kier alpha value is -3.62. The molecule has 1 amide bonds. The fraction of sp³-hybridized carbons (Fsp3) is 0.111. The average molecular weight is 372 g/mol. The molecular formula is C18H14F2N4O3. The Balaban J connectivity index is 1.84. The molecule has 3 rings (SSSR count). The summed E-state index contributed by atoms with van der Waals surface area (Å²) in [6, 6.07) is 8.33. The van der Waals surface area contributed by atoms with Crippen molar-refractivity contribution in [1.29, 1.82) is 0 Å². The number of rotatable bonds is 5. The zero-order valence-corrected chi connectivity index (χ0v) is 13.9. The van der Waals surface area contributed by atoms with Gasteiger partial charge >= 0.3 is 5.69 Å². The molecule has 0 fully saturated rings. The van der Waals surface area contributed by atoms with Crippen LogP contribution in [-0.2, 0) is 13.1 Å². The van der Waals surface area contributed by atoms with E-state index in [1.54, 1.807) is 18.2 Å². The highest BCUT2D eigenvalue weighted by Gasteiger charge is 2.16. The molecule has 0 aliphatic rings. The van der Waals surface area contributed by atoms with E-state index in [1.807, 2.05) is 0 Å². The van der Waals surface area contributed by atoms with Crippen LogP contribution in [0.1, 0.15) is 21.6 Å². The van der Waals surface area contributed by atoms with Gasteiger partial charge in [-0.1, -0.05) is 12.1 Å². The van der Waals surface area contributed by atoms with Crippen LogP contribution >= 0.6 is 0 Å². The van der Waals surface area contributed by atoms with Gasteiger partial charge in [0.2, 0.25) is 0 Å². The van der Waals surface area contributed by atoms with Crippen molar-refractivity contribution in [1.82, 2.24) is 19.9 Å². The molecule has 138 valence electrons. The minimum Gasteiger partial charge on any atom is -0.348 e. The second-order valence-corrected chi connectivity index (χ2v) is 5.60. The van der Waals surface area contributed by atoms with E-state index in [4.69, 9.17) is 0 Å². The topological polar surface area (TPSA) is 96.8 Å². The van der Waals surface area contributed by atoms with Crippen molar-refractivity contribution >= 4 is 5.91 Å². The molecule has 2 heterocycles. The number of carbonyl (C=O) groups excluding carboxylic acids is 1. The van der Waals surface area contributed by atoms with E-state index < -0.39 is 35.3 Å². The largest absolute Gasteiger partial charge is 0.348 e. The van der Waals surface area contributed by atoms with Gasteiger partial charge in [0.1, 0.15) is 17.2 Å². The molecule has 2 N–H and O–H groups in total. The average Bonchev–Trinajstić information content (AvgIpc) is 2.65. The highest BCUT2D eigenvalue weighted by Crippen LogP contribution is 2.11. The fourth-order valence-electron chi connectivity index (χ4n) is 2.44. The number of hydrogen-bond acceptors (Lipinski definition) is 4. The molecule has 1 aromatic carbocycles. The van der Waals surface area contributed by atoms with Gasteiger partial charge in [-0.3, -0.25) is 19.1 Å². The summed E-state index contributed by atoms with van der Waals surface area (Å²) in [7, 11) is 0. The van der Waals surface area contributed by atoms with Gasteiger partial charge < -0.3 is 10.3 Å². The van der Waals surface area contributed by atoms with E-state index in [9.17, 15) is 23.2 Å². The number of hydrogen-bond donors (Lipinski definition) is 2. The van der Waals surface area contributed by atoms with Gasteiger partial charge in [0, 0.05) is 24.5 Å². The molecule has 0 radical (unpaired) electrons. The summed E-state index contributed by atoms with van der Waals surface area (Å²) in [4.78, 5) is 43.0. The first kappa shape index (κ1) is 18.2. The first-order valence-corrected chi connectivity index (χ1v) is 7.91. The first-order valence-electron chi connectivity index (χ1n) is 7.91. The van der Waals surface area contributed by atoms with Gasteiger partial charge in [0.25, 0.3) is 11.5 Å². The predicted octanol–water partition coefficient (Wildman–Crippen LogP) is 1.19. The quantitative estimate of drug-likeness (QED) is 0.703. The number of halogens is 2. The van der Waals surface area contributed by atoms with Gasteiger partial charge in [-0.05, 0) is 24.3 Å². The van der Waals surface area contributed by atoms with Crippen LogP contribution in [0.25, 0.3) is 0 Å². The van der Waals surface area contributed by atoms with Crippen molar-refractivity contribution in [3.8, 4) is 0 Å². The number of benzene rings is 1. The van der Waals surface area contributed by atoms with Crippen LogP contribution in [0.3, 0.4) is 0 Å². The Kier molecular flexibility index (Phi) is 5.20. The van der Waals surface area contributed by atoms with Crippen LogP contribution in [0.15, 0.2) is 58.4 Å². The minimum absolute atomic E-state index is 0.127. The van der Waals surface area contributed by atoms with Crippen LogP contribution < -0.4 is 16.6 Å². The summed E-state index contributed by atoms with van der Waals surface area (Å²) in [5.41, 5.74) is -1.78. The van der Waals surface area contributed by atoms with Crippen molar-refractivity contribution in [2.45, 2.75) is 13.1 Å². The highest BCUT2D eigenvalue weighted by atomic mass is 19.1. The Bertz CT molecular complexity index is 1070. The molecule has 7 nitrogen and oxygen atoms in total. The van der Waals surface area contributed by atoms with Crippen LogP contribution in [0.4, 0.5) is 8.78 Å². The van der Waals surface area contributed by atoms with Crippen molar-refractivity contribution in [3.63, 3.8) is 0 Å². The molecule has 0 aliphatic carbocycles. The lowest BCUT2D eigenvalue weighted by Gasteiger charge is -2.09.